The fraction of sp³-hybridized carbons (Fsp3) is 0.389. The van der Waals surface area contributed by atoms with E-state index in [-0.39, 0.29) is 17.9 Å². The molecule has 26 heavy (non-hydrogen) atoms. The Bertz CT molecular complexity index is 720. The van der Waals surface area contributed by atoms with Crippen LogP contribution in [0.5, 0.6) is 5.75 Å². The molecule has 2 aromatic heterocycles. The van der Waals surface area contributed by atoms with Crippen molar-refractivity contribution in [2.75, 3.05) is 26.8 Å². The van der Waals surface area contributed by atoms with E-state index in [0.29, 0.717) is 37.4 Å². The first-order valence-electron chi connectivity index (χ1n) is 8.35. The summed E-state index contributed by atoms with van der Waals surface area (Å²) in [5.74, 6) is 0.118. The molecule has 1 fully saturated rings. The van der Waals surface area contributed by atoms with Gasteiger partial charge in [-0.2, -0.15) is 0 Å². The number of carbonyl (C=O) groups excluding carboxylic acids is 2. The van der Waals surface area contributed by atoms with Crippen molar-refractivity contribution in [2.45, 2.75) is 18.6 Å². The summed E-state index contributed by atoms with van der Waals surface area (Å²) in [6, 6.07) is 4.53. The molecule has 0 unspecified atom stereocenters. The third-order valence-corrected chi connectivity index (χ3v) is 4.14. The van der Waals surface area contributed by atoms with Gasteiger partial charge in [0.15, 0.2) is 0 Å². The molecule has 8 nitrogen and oxygen atoms in total. The first-order chi connectivity index (χ1) is 12.7. The van der Waals surface area contributed by atoms with Crippen molar-refractivity contribution in [3.8, 4) is 5.75 Å². The van der Waals surface area contributed by atoms with Crippen molar-refractivity contribution in [1.82, 2.24) is 15.2 Å². The molecule has 0 spiro atoms. The Kier molecular flexibility index (Phi) is 5.85. The Hall–Kier alpha value is -2.87. The van der Waals surface area contributed by atoms with E-state index in [1.54, 1.807) is 37.7 Å². The number of likely N-dealkylation sites (tertiary alicyclic amines) is 1. The third kappa shape index (κ3) is 4.20. The van der Waals surface area contributed by atoms with E-state index >= 15 is 0 Å². The van der Waals surface area contributed by atoms with Crippen molar-refractivity contribution >= 4 is 11.8 Å². The molecule has 0 aromatic carbocycles. The van der Waals surface area contributed by atoms with Gasteiger partial charge in [0.05, 0.1) is 31.2 Å². The maximum Gasteiger partial charge on any atom is 0.257 e. The highest BCUT2D eigenvalue weighted by atomic mass is 16.5. The molecule has 0 saturated carbocycles. The van der Waals surface area contributed by atoms with Crippen molar-refractivity contribution in [2.24, 2.45) is 0 Å². The van der Waals surface area contributed by atoms with Crippen LogP contribution in [0.3, 0.4) is 0 Å². The first kappa shape index (κ1) is 17.9. The highest BCUT2D eigenvalue weighted by Gasteiger charge is 2.41. The van der Waals surface area contributed by atoms with Gasteiger partial charge in [0, 0.05) is 26.3 Å². The first-order valence-corrected chi connectivity index (χ1v) is 8.35. The normalized spacial score (nSPS) is 19.3. The zero-order valence-corrected chi connectivity index (χ0v) is 14.5. The number of hydrogen-bond acceptors (Lipinski definition) is 6. The van der Waals surface area contributed by atoms with Gasteiger partial charge in [-0.3, -0.25) is 14.6 Å². The van der Waals surface area contributed by atoms with Gasteiger partial charge in [-0.1, -0.05) is 0 Å². The van der Waals surface area contributed by atoms with E-state index in [2.05, 4.69) is 10.3 Å². The molecule has 1 N–H and O–H groups in total. The zero-order valence-electron chi connectivity index (χ0n) is 14.5. The number of nitrogens with one attached hydrogen (secondary N) is 1. The molecule has 8 heteroatoms. The van der Waals surface area contributed by atoms with Gasteiger partial charge in [0.25, 0.3) is 5.91 Å². The van der Waals surface area contributed by atoms with Gasteiger partial charge in [-0.15, -0.1) is 0 Å². The van der Waals surface area contributed by atoms with Gasteiger partial charge < -0.3 is 24.1 Å². The molecule has 0 radical (unpaired) electrons. The van der Waals surface area contributed by atoms with Crippen molar-refractivity contribution < 1.29 is 23.5 Å². The van der Waals surface area contributed by atoms with Crippen LogP contribution >= 0.6 is 0 Å². The lowest BCUT2D eigenvalue weighted by Crippen LogP contribution is -2.46. The number of hydrogen-bond donors (Lipinski definition) is 1. The maximum absolute atomic E-state index is 12.7. The highest BCUT2D eigenvalue weighted by molar-refractivity contribution is 5.97. The summed E-state index contributed by atoms with van der Waals surface area (Å²) < 4.78 is 15.8. The third-order valence-electron chi connectivity index (χ3n) is 4.14. The van der Waals surface area contributed by atoms with Crippen LogP contribution < -0.4 is 10.1 Å². The lowest BCUT2D eigenvalue weighted by atomic mass is 10.1. The minimum Gasteiger partial charge on any atom is -0.487 e. The molecular weight excluding hydrogens is 338 g/mol. The van der Waals surface area contributed by atoms with E-state index < -0.39 is 6.04 Å². The SMILES string of the molecule is COCCNC(=O)[C@@H]1C[C@H](Oc2cccnc2)CN1C(=O)c1ccoc1. The van der Waals surface area contributed by atoms with Crippen LogP contribution in [0.2, 0.25) is 0 Å². The molecule has 138 valence electrons. The maximum atomic E-state index is 12.7. The number of ether oxygens (including phenoxy) is 2. The monoisotopic (exact) mass is 359 g/mol. The molecular formula is C18H21N3O5. The topological polar surface area (TPSA) is 93.9 Å². The summed E-state index contributed by atoms with van der Waals surface area (Å²) in [4.78, 5) is 30.8. The van der Waals surface area contributed by atoms with Gasteiger partial charge in [0.1, 0.15) is 24.2 Å². The van der Waals surface area contributed by atoms with Gasteiger partial charge in [0.2, 0.25) is 5.91 Å². The minimum atomic E-state index is -0.615. The summed E-state index contributed by atoms with van der Waals surface area (Å²) in [6.07, 6.45) is 6.17. The number of nitrogens with zero attached hydrogens (tertiary/aromatic N) is 2. The number of carbonyl (C=O) groups is 2. The minimum absolute atomic E-state index is 0.226. The average molecular weight is 359 g/mol. The Morgan fingerprint density at radius 3 is 3.00 bits per heavy atom. The second kappa shape index (κ2) is 8.48. The lowest BCUT2D eigenvalue weighted by molar-refractivity contribution is -0.125. The number of furan rings is 1. The number of amides is 2. The van der Waals surface area contributed by atoms with Gasteiger partial charge in [-0.25, -0.2) is 0 Å². The van der Waals surface area contributed by atoms with Crippen LogP contribution in [0.25, 0.3) is 0 Å². The van der Waals surface area contributed by atoms with Crippen LogP contribution in [0.15, 0.2) is 47.5 Å². The summed E-state index contributed by atoms with van der Waals surface area (Å²) >= 11 is 0. The largest absolute Gasteiger partial charge is 0.487 e. The Balaban J connectivity index is 1.72. The van der Waals surface area contributed by atoms with Crippen LogP contribution in [0.4, 0.5) is 0 Å². The molecule has 2 amide bonds. The molecule has 2 atom stereocenters. The number of methoxy groups -OCH3 is 1. The van der Waals surface area contributed by atoms with E-state index in [9.17, 15) is 9.59 Å². The second-order valence-electron chi connectivity index (χ2n) is 5.93. The van der Waals surface area contributed by atoms with Gasteiger partial charge in [-0.05, 0) is 18.2 Å². The van der Waals surface area contributed by atoms with E-state index in [0.717, 1.165) is 0 Å². The van der Waals surface area contributed by atoms with E-state index in [1.165, 1.54) is 17.4 Å². The average Bonchev–Trinajstić information content (AvgIpc) is 3.32. The molecule has 3 heterocycles. The molecule has 0 aliphatic carbocycles. The number of rotatable bonds is 7. The zero-order chi connectivity index (χ0) is 18.4. The second-order valence-corrected chi connectivity index (χ2v) is 5.93. The molecule has 0 bridgehead atoms. The van der Waals surface area contributed by atoms with Crippen LogP contribution in [-0.4, -0.2) is 60.7 Å². The fourth-order valence-corrected chi connectivity index (χ4v) is 2.91. The molecule has 3 rings (SSSR count). The molecule has 1 saturated heterocycles. The molecule has 2 aromatic rings. The number of pyridine rings is 1. The van der Waals surface area contributed by atoms with Crippen LogP contribution in [0, 0.1) is 0 Å². The smallest absolute Gasteiger partial charge is 0.257 e. The van der Waals surface area contributed by atoms with Crippen molar-refractivity contribution in [3.63, 3.8) is 0 Å². The quantitative estimate of drug-likeness (QED) is 0.744. The lowest BCUT2D eigenvalue weighted by Gasteiger charge is -2.23. The van der Waals surface area contributed by atoms with E-state index in [4.69, 9.17) is 13.9 Å². The van der Waals surface area contributed by atoms with Crippen LogP contribution in [0.1, 0.15) is 16.8 Å². The fourth-order valence-electron chi connectivity index (χ4n) is 2.91. The van der Waals surface area contributed by atoms with Crippen molar-refractivity contribution in [1.29, 1.82) is 0 Å². The number of aromatic nitrogens is 1. The standard InChI is InChI=1S/C18H21N3O5/c1-24-8-6-20-17(22)16-9-15(26-14-3-2-5-19-10-14)11-21(16)18(23)13-4-7-25-12-13/h2-5,7,10,12,15-16H,6,8-9,11H2,1H3,(H,20,22)/t15-,16-/m0/s1. The van der Waals surface area contributed by atoms with Crippen molar-refractivity contribution in [3.05, 3.63) is 48.7 Å². The van der Waals surface area contributed by atoms with Crippen LogP contribution in [-0.2, 0) is 9.53 Å². The summed E-state index contributed by atoms with van der Waals surface area (Å²) in [5, 5.41) is 2.79. The highest BCUT2D eigenvalue weighted by Crippen LogP contribution is 2.25. The van der Waals surface area contributed by atoms with Gasteiger partial charge >= 0.3 is 0 Å². The predicted molar refractivity (Wildman–Crippen MR) is 91.7 cm³/mol. The van der Waals surface area contributed by atoms with E-state index in [1.807, 2.05) is 0 Å². The Morgan fingerprint density at radius 2 is 2.31 bits per heavy atom. The Labute approximate surface area is 151 Å². The molecule has 1 aliphatic heterocycles. The summed E-state index contributed by atoms with van der Waals surface area (Å²) in [5.41, 5.74) is 0.404. The predicted octanol–water partition coefficient (Wildman–Crippen LogP) is 1.10. The summed E-state index contributed by atoms with van der Waals surface area (Å²) in [7, 11) is 1.56. The Morgan fingerprint density at radius 1 is 1.42 bits per heavy atom. The molecule has 1 aliphatic rings. The summed E-state index contributed by atoms with van der Waals surface area (Å²) in [6.45, 7) is 1.10.